The molecule has 7 rings (SSSR count). The molecule has 5 saturated carbocycles. The third kappa shape index (κ3) is 3.54. The van der Waals surface area contributed by atoms with E-state index in [0.29, 0.717) is 18.3 Å². The van der Waals surface area contributed by atoms with Crippen molar-refractivity contribution < 1.29 is 44.6 Å². The van der Waals surface area contributed by atoms with Crippen LogP contribution in [0.2, 0.25) is 0 Å². The zero-order valence-corrected chi connectivity index (χ0v) is 27.1. The molecule has 0 amide bonds. The molecule has 0 aromatic heterocycles. The first kappa shape index (κ1) is 31.1. The Morgan fingerprint density at radius 3 is 2.23 bits per heavy atom. The average Bonchev–Trinajstić information content (AvgIpc) is 3.33. The van der Waals surface area contributed by atoms with E-state index in [1.807, 2.05) is 0 Å². The zero-order chi connectivity index (χ0) is 32.0. The Balaban J connectivity index is 1.23. The fourth-order valence-corrected chi connectivity index (χ4v) is 13.2. The van der Waals surface area contributed by atoms with Gasteiger partial charge in [0.05, 0.1) is 11.5 Å². The summed E-state index contributed by atoms with van der Waals surface area (Å²) in [6.07, 6.45) is 1.59. The number of ether oxygens (including phenoxy) is 2. The second-order valence-electron chi connectivity index (χ2n) is 17.5. The van der Waals surface area contributed by atoms with Crippen molar-refractivity contribution in [1.29, 1.82) is 0 Å². The van der Waals surface area contributed by atoms with E-state index in [2.05, 4.69) is 47.6 Å². The van der Waals surface area contributed by atoms with Gasteiger partial charge in [-0.1, -0.05) is 53.2 Å². The van der Waals surface area contributed by atoms with Crippen LogP contribution in [0.4, 0.5) is 0 Å². The normalized spacial score (nSPS) is 57.0. The van der Waals surface area contributed by atoms with Crippen LogP contribution < -0.4 is 0 Å². The van der Waals surface area contributed by atoms with Gasteiger partial charge < -0.3 is 35.0 Å². The Labute approximate surface area is 260 Å². The lowest BCUT2D eigenvalue weighted by molar-refractivity contribution is -0.290. The Morgan fingerprint density at radius 1 is 0.841 bits per heavy atom. The summed E-state index contributed by atoms with van der Waals surface area (Å²) in [5, 5.41) is 51.7. The summed E-state index contributed by atoms with van der Waals surface area (Å²) in [5.74, 6) is -1.01. The molecule has 9 nitrogen and oxygen atoms in total. The number of aliphatic hydroxyl groups excluding tert-OH is 4. The van der Waals surface area contributed by atoms with Crippen LogP contribution in [-0.4, -0.2) is 74.3 Å². The lowest BCUT2D eigenvalue weighted by Crippen LogP contribution is -2.65. The highest BCUT2D eigenvalue weighted by atomic mass is 16.7. The van der Waals surface area contributed by atoms with E-state index in [9.17, 15) is 35.1 Å². The third-order valence-electron chi connectivity index (χ3n) is 15.8. The highest BCUT2D eigenvalue weighted by molar-refractivity contribution is 5.81. The van der Waals surface area contributed by atoms with E-state index in [1.165, 1.54) is 5.57 Å². The van der Waals surface area contributed by atoms with Crippen molar-refractivity contribution in [1.82, 2.24) is 0 Å². The van der Waals surface area contributed by atoms with Gasteiger partial charge in [-0.05, 0) is 109 Å². The van der Waals surface area contributed by atoms with Crippen LogP contribution >= 0.6 is 0 Å². The molecule has 0 aromatic rings. The first-order valence-electron chi connectivity index (χ1n) is 16.9. The number of aliphatic carboxylic acids is 1. The SMILES string of the molecule is CC12CCC3(C(=O)OC4OC(C(=O)O)C(O)C(O)C4O)C(C1)C1=CCC4C5(C)CCC(O)C(C)(C)C5CCC4(C)C1(C)CC23. The van der Waals surface area contributed by atoms with Crippen molar-refractivity contribution in [2.45, 2.75) is 136 Å². The molecule has 9 heteroatoms. The third-order valence-corrected chi connectivity index (χ3v) is 15.8. The van der Waals surface area contributed by atoms with E-state index >= 15 is 0 Å². The van der Waals surface area contributed by atoms with Crippen molar-refractivity contribution in [3.8, 4) is 0 Å². The fourth-order valence-electron chi connectivity index (χ4n) is 13.2. The van der Waals surface area contributed by atoms with Crippen LogP contribution in [0.5, 0.6) is 0 Å². The van der Waals surface area contributed by atoms with E-state index in [4.69, 9.17) is 9.47 Å². The standard InChI is InChI=1S/C35H52O9/c1-30(2)19-9-12-33(5)20(32(19,4)11-10-22(30)36)8-7-17-18-15-31(3)13-14-35(18,21(31)16-34(17,33)6)29(42)44-28-25(39)23(37)24(38)26(43-28)27(40)41/h7,18-26,28,36-39H,8-16H2,1-6H3,(H,40,41). The number of carboxylic acids is 1. The largest absolute Gasteiger partial charge is 0.479 e. The molecule has 1 aliphatic heterocycles. The van der Waals surface area contributed by atoms with Crippen LogP contribution in [-0.2, 0) is 19.1 Å². The van der Waals surface area contributed by atoms with Gasteiger partial charge in [0.15, 0.2) is 6.10 Å². The van der Waals surface area contributed by atoms with Gasteiger partial charge in [-0.15, -0.1) is 0 Å². The van der Waals surface area contributed by atoms with Crippen LogP contribution in [0.25, 0.3) is 0 Å². The predicted octanol–water partition coefficient (Wildman–Crippen LogP) is 3.80. The number of rotatable bonds is 3. The number of hydrogen-bond acceptors (Lipinski definition) is 8. The van der Waals surface area contributed by atoms with E-state index in [1.54, 1.807) is 0 Å². The molecule has 44 heavy (non-hydrogen) atoms. The van der Waals surface area contributed by atoms with E-state index in [-0.39, 0.29) is 45.0 Å². The van der Waals surface area contributed by atoms with Crippen LogP contribution in [0.15, 0.2) is 11.6 Å². The molecule has 5 N–H and O–H groups in total. The second kappa shape index (κ2) is 9.30. The topological polar surface area (TPSA) is 154 Å². The number of carbonyl (C=O) groups excluding carboxylic acids is 1. The van der Waals surface area contributed by atoms with Gasteiger partial charge in [0, 0.05) is 0 Å². The van der Waals surface area contributed by atoms with Gasteiger partial charge >= 0.3 is 11.9 Å². The molecule has 0 aromatic carbocycles. The van der Waals surface area contributed by atoms with Gasteiger partial charge in [0.2, 0.25) is 6.29 Å². The van der Waals surface area contributed by atoms with Gasteiger partial charge in [-0.25, -0.2) is 4.79 Å². The molecule has 0 radical (unpaired) electrons. The summed E-state index contributed by atoms with van der Waals surface area (Å²) in [6.45, 7) is 14.3. The highest BCUT2D eigenvalue weighted by Gasteiger charge is 2.77. The fraction of sp³-hybridized carbons (Fsp3) is 0.886. The summed E-state index contributed by atoms with van der Waals surface area (Å²) in [4.78, 5) is 26.1. The van der Waals surface area contributed by atoms with Crippen molar-refractivity contribution in [2.24, 2.45) is 56.2 Å². The molecule has 0 spiro atoms. The lowest BCUT2D eigenvalue weighted by Gasteiger charge is -2.70. The summed E-state index contributed by atoms with van der Waals surface area (Å²) < 4.78 is 11.2. The zero-order valence-electron chi connectivity index (χ0n) is 27.1. The predicted molar refractivity (Wildman–Crippen MR) is 159 cm³/mol. The molecule has 1 heterocycles. The molecule has 246 valence electrons. The van der Waals surface area contributed by atoms with Crippen molar-refractivity contribution in [3.63, 3.8) is 0 Å². The van der Waals surface area contributed by atoms with Crippen LogP contribution in [0.3, 0.4) is 0 Å². The minimum Gasteiger partial charge on any atom is -0.479 e. The Bertz CT molecular complexity index is 1290. The number of allylic oxidation sites excluding steroid dienone is 2. The molecule has 7 aliphatic rings. The first-order chi connectivity index (χ1) is 20.4. The van der Waals surface area contributed by atoms with E-state index < -0.39 is 48.1 Å². The number of aliphatic hydroxyl groups is 4. The van der Waals surface area contributed by atoms with Crippen LogP contribution in [0.1, 0.15) is 99.3 Å². The van der Waals surface area contributed by atoms with Crippen molar-refractivity contribution >= 4 is 11.9 Å². The monoisotopic (exact) mass is 616 g/mol. The molecule has 6 fully saturated rings. The number of carboxylic acid groups (broad SMARTS) is 1. The molecule has 4 bridgehead atoms. The number of esters is 1. The second-order valence-corrected chi connectivity index (χ2v) is 17.5. The number of fused-ring (bicyclic) bond motifs is 6. The minimum atomic E-state index is -1.84. The minimum absolute atomic E-state index is 0.0167. The Kier molecular flexibility index (Phi) is 6.57. The van der Waals surface area contributed by atoms with Gasteiger partial charge in [0.25, 0.3) is 0 Å². The molecule has 6 aliphatic carbocycles. The van der Waals surface area contributed by atoms with Crippen molar-refractivity contribution in [3.05, 3.63) is 11.6 Å². The molecular weight excluding hydrogens is 564 g/mol. The summed E-state index contributed by atoms with van der Waals surface area (Å²) in [5.41, 5.74) is 0.470. The Hall–Kier alpha value is -1.52. The van der Waals surface area contributed by atoms with Crippen molar-refractivity contribution in [2.75, 3.05) is 0 Å². The maximum absolute atomic E-state index is 14.4. The number of hydrogen-bond donors (Lipinski definition) is 5. The maximum Gasteiger partial charge on any atom is 0.335 e. The maximum atomic E-state index is 14.4. The quantitative estimate of drug-likeness (QED) is 0.235. The Morgan fingerprint density at radius 2 is 1.55 bits per heavy atom. The molecule has 1 saturated heterocycles. The smallest absolute Gasteiger partial charge is 0.335 e. The molecule has 15 atom stereocenters. The van der Waals surface area contributed by atoms with E-state index in [0.717, 1.165) is 51.4 Å². The highest BCUT2D eigenvalue weighted by Crippen LogP contribution is 2.82. The summed E-state index contributed by atoms with van der Waals surface area (Å²) >= 11 is 0. The summed E-state index contributed by atoms with van der Waals surface area (Å²) in [7, 11) is 0. The summed E-state index contributed by atoms with van der Waals surface area (Å²) in [6, 6.07) is 0. The van der Waals surface area contributed by atoms with Gasteiger partial charge in [-0.2, -0.15) is 0 Å². The molecular formula is C35H52O9. The van der Waals surface area contributed by atoms with Crippen LogP contribution in [0, 0.1) is 56.2 Å². The number of carbonyl (C=O) groups is 2. The average molecular weight is 617 g/mol. The molecule has 15 unspecified atom stereocenters. The van der Waals surface area contributed by atoms with Gasteiger partial charge in [-0.3, -0.25) is 4.79 Å². The first-order valence-corrected chi connectivity index (χ1v) is 16.9. The lowest BCUT2D eigenvalue weighted by atomic mass is 9.34. The van der Waals surface area contributed by atoms with Gasteiger partial charge in [0.1, 0.15) is 18.3 Å².